The minimum Gasteiger partial charge on any atom is -0.496 e. The summed E-state index contributed by atoms with van der Waals surface area (Å²) in [6.45, 7) is 1.98. The van der Waals surface area contributed by atoms with Gasteiger partial charge in [-0.3, -0.25) is 0 Å². The van der Waals surface area contributed by atoms with Gasteiger partial charge in [-0.2, -0.15) is 9.97 Å². The molecule has 0 aliphatic carbocycles. The van der Waals surface area contributed by atoms with E-state index in [-0.39, 0.29) is 5.95 Å². The average molecular weight is 270 g/mol. The Bertz CT molecular complexity index is 767. The van der Waals surface area contributed by atoms with Crippen LogP contribution in [0.1, 0.15) is 5.56 Å². The van der Waals surface area contributed by atoms with E-state index in [4.69, 9.17) is 10.5 Å². The lowest BCUT2D eigenvalue weighted by atomic mass is 10.2. The number of aromatic nitrogens is 4. The third-order valence-electron chi connectivity index (χ3n) is 2.96. The molecule has 3 aromatic rings. The highest BCUT2D eigenvalue weighted by Gasteiger charge is 2.09. The van der Waals surface area contributed by atoms with Crippen LogP contribution in [-0.4, -0.2) is 27.0 Å². The van der Waals surface area contributed by atoms with E-state index in [2.05, 4.69) is 25.3 Å². The SMILES string of the molecule is COc1ccc(Nc2nc(N)nc3nc[nH]c23)cc1C. The molecule has 102 valence electrons. The van der Waals surface area contributed by atoms with E-state index in [1.54, 1.807) is 13.4 Å². The zero-order valence-corrected chi connectivity index (χ0v) is 11.1. The van der Waals surface area contributed by atoms with Crippen LogP contribution in [0.2, 0.25) is 0 Å². The molecule has 0 amide bonds. The van der Waals surface area contributed by atoms with Gasteiger partial charge in [0.15, 0.2) is 11.5 Å². The van der Waals surface area contributed by atoms with Crippen LogP contribution in [-0.2, 0) is 0 Å². The number of nitrogens with zero attached hydrogens (tertiary/aromatic N) is 3. The number of hydrogen-bond acceptors (Lipinski definition) is 6. The van der Waals surface area contributed by atoms with E-state index in [9.17, 15) is 0 Å². The Balaban J connectivity index is 2.00. The maximum Gasteiger partial charge on any atom is 0.224 e. The summed E-state index contributed by atoms with van der Waals surface area (Å²) in [7, 11) is 1.65. The summed E-state index contributed by atoms with van der Waals surface area (Å²) in [6.07, 6.45) is 1.56. The Morgan fingerprint density at radius 2 is 2.15 bits per heavy atom. The quantitative estimate of drug-likeness (QED) is 0.672. The first-order valence-electron chi connectivity index (χ1n) is 6.05. The van der Waals surface area contributed by atoms with Crippen LogP contribution >= 0.6 is 0 Å². The summed E-state index contributed by atoms with van der Waals surface area (Å²) in [4.78, 5) is 15.3. The molecular weight excluding hydrogens is 256 g/mol. The molecule has 1 aromatic carbocycles. The van der Waals surface area contributed by atoms with Crippen molar-refractivity contribution in [3.63, 3.8) is 0 Å². The van der Waals surface area contributed by atoms with Gasteiger partial charge in [-0.15, -0.1) is 0 Å². The molecule has 7 heteroatoms. The average Bonchev–Trinajstić information content (AvgIpc) is 2.87. The predicted molar refractivity (Wildman–Crippen MR) is 77.1 cm³/mol. The van der Waals surface area contributed by atoms with E-state index in [1.165, 1.54) is 0 Å². The third kappa shape index (κ3) is 2.09. The van der Waals surface area contributed by atoms with Crippen molar-refractivity contribution in [2.24, 2.45) is 0 Å². The second-order valence-electron chi connectivity index (χ2n) is 4.34. The third-order valence-corrected chi connectivity index (χ3v) is 2.96. The Kier molecular flexibility index (Phi) is 2.86. The van der Waals surface area contributed by atoms with Crippen molar-refractivity contribution in [3.8, 4) is 5.75 Å². The summed E-state index contributed by atoms with van der Waals surface area (Å²) in [6, 6.07) is 5.78. The second kappa shape index (κ2) is 4.69. The molecule has 4 N–H and O–H groups in total. The van der Waals surface area contributed by atoms with Crippen molar-refractivity contribution in [1.29, 1.82) is 0 Å². The van der Waals surface area contributed by atoms with Gasteiger partial charge in [0, 0.05) is 5.69 Å². The molecule has 2 heterocycles. The van der Waals surface area contributed by atoms with Gasteiger partial charge >= 0.3 is 0 Å². The number of rotatable bonds is 3. The molecule has 0 radical (unpaired) electrons. The first-order chi connectivity index (χ1) is 9.67. The first-order valence-corrected chi connectivity index (χ1v) is 6.05. The number of benzene rings is 1. The molecule has 20 heavy (non-hydrogen) atoms. The molecule has 0 fully saturated rings. The fourth-order valence-corrected chi connectivity index (χ4v) is 2.03. The molecule has 0 bridgehead atoms. The van der Waals surface area contributed by atoms with Crippen LogP contribution in [0.25, 0.3) is 11.2 Å². The van der Waals surface area contributed by atoms with Crippen molar-refractivity contribution in [3.05, 3.63) is 30.1 Å². The molecular formula is C13H14N6O. The van der Waals surface area contributed by atoms with Crippen molar-refractivity contribution in [1.82, 2.24) is 19.9 Å². The van der Waals surface area contributed by atoms with Gasteiger partial charge in [-0.05, 0) is 30.7 Å². The van der Waals surface area contributed by atoms with Gasteiger partial charge in [-0.1, -0.05) is 0 Å². The van der Waals surface area contributed by atoms with Gasteiger partial charge in [0.2, 0.25) is 5.95 Å². The highest BCUT2D eigenvalue weighted by molar-refractivity contribution is 5.85. The maximum atomic E-state index is 5.68. The van der Waals surface area contributed by atoms with Crippen LogP contribution < -0.4 is 15.8 Å². The van der Waals surface area contributed by atoms with Gasteiger partial charge in [0.05, 0.1) is 13.4 Å². The van der Waals surface area contributed by atoms with Crippen LogP contribution in [0.15, 0.2) is 24.5 Å². The molecule has 0 unspecified atom stereocenters. The molecule has 3 rings (SSSR count). The Morgan fingerprint density at radius 3 is 2.90 bits per heavy atom. The van der Waals surface area contributed by atoms with E-state index in [0.717, 1.165) is 17.0 Å². The number of nitrogens with two attached hydrogens (primary N) is 1. The summed E-state index contributed by atoms with van der Waals surface area (Å²) < 4.78 is 5.24. The summed E-state index contributed by atoms with van der Waals surface area (Å²) >= 11 is 0. The van der Waals surface area contributed by atoms with Gasteiger partial charge < -0.3 is 20.8 Å². The predicted octanol–water partition coefficient (Wildman–Crippen LogP) is 2.00. The molecule has 0 spiro atoms. The highest BCUT2D eigenvalue weighted by atomic mass is 16.5. The maximum absolute atomic E-state index is 5.68. The molecule has 7 nitrogen and oxygen atoms in total. The lowest BCUT2D eigenvalue weighted by Gasteiger charge is -2.10. The number of hydrogen-bond donors (Lipinski definition) is 3. The number of aromatic amines is 1. The molecule has 0 atom stereocenters. The minimum absolute atomic E-state index is 0.178. The van der Waals surface area contributed by atoms with Crippen molar-refractivity contribution in [2.75, 3.05) is 18.2 Å². The molecule has 2 aromatic heterocycles. The molecule has 0 saturated heterocycles. The van der Waals surface area contributed by atoms with E-state index < -0.39 is 0 Å². The Labute approximate surface area is 115 Å². The largest absolute Gasteiger partial charge is 0.496 e. The zero-order chi connectivity index (χ0) is 14.1. The monoisotopic (exact) mass is 270 g/mol. The van der Waals surface area contributed by atoms with Crippen LogP contribution in [0, 0.1) is 6.92 Å². The molecule has 0 aliphatic rings. The lowest BCUT2D eigenvalue weighted by molar-refractivity contribution is 0.412. The highest BCUT2D eigenvalue weighted by Crippen LogP contribution is 2.26. The van der Waals surface area contributed by atoms with Crippen molar-refractivity contribution < 1.29 is 4.74 Å². The minimum atomic E-state index is 0.178. The number of aryl methyl sites for hydroxylation is 1. The van der Waals surface area contributed by atoms with Crippen LogP contribution in [0.3, 0.4) is 0 Å². The van der Waals surface area contributed by atoms with Gasteiger partial charge in [0.25, 0.3) is 0 Å². The standard InChI is InChI=1S/C13H14N6O/c1-7-5-8(3-4-9(7)20-2)17-12-10-11(16-6-15-10)18-13(14)19-12/h3-6H,1-2H3,(H4,14,15,16,17,18,19). The van der Waals surface area contributed by atoms with Crippen molar-refractivity contribution >= 4 is 28.6 Å². The van der Waals surface area contributed by atoms with Gasteiger partial charge in [0.1, 0.15) is 11.3 Å². The van der Waals surface area contributed by atoms with Crippen molar-refractivity contribution in [2.45, 2.75) is 6.92 Å². The molecule has 0 saturated carbocycles. The number of fused-ring (bicyclic) bond motifs is 1. The first kappa shape index (κ1) is 12.2. The number of nitrogen functional groups attached to an aromatic ring is 1. The smallest absolute Gasteiger partial charge is 0.224 e. The van der Waals surface area contributed by atoms with E-state index in [1.807, 2.05) is 25.1 Å². The number of imidazole rings is 1. The summed E-state index contributed by atoms with van der Waals surface area (Å²) in [5.41, 5.74) is 8.84. The van der Waals surface area contributed by atoms with E-state index >= 15 is 0 Å². The van der Waals surface area contributed by atoms with Crippen LogP contribution in [0.5, 0.6) is 5.75 Å². The number of nitrogens with one attached hydrogen (secondary N) is 2. The zero-order valence-electron chi connectivity index (χ0n) is 11.1. The number of H-pyrrole nitrogens is 1. The fourth-order valence-electron chi connectivity index (χ4n) is 2.03. The van der Waals surface area contributed by atoms with Gasteiger partial charge in [-0.25, -0.2) is 4.98 Å². The fraction of sp³-hybridized carbons (Fsp3) is 0.154. The second-order valence-corrected chi connectivity index (χ2v) is 4.34. The van der Waals surface area contributed by atoms with E-state index in [0.29, 0.717) is 17.0 Å². The topological polar surface area (TPSA) is 102 Å². The number of anilines is 3. The number of methoxy groups -OCH3 is 1. The van der Waals surface area contributed by atoms with Crippen LogP contribution in [0.4, 0.5) is 17.5 Å². The summed E-state index contributed by atoms with van der Waals surface area (Å²) in [5.74, 6) is 1.61. The Morgan fingerprint density at radius 1 is 1.30 bits per heavy atom. The number of ether oxygens (including phenoxy) is 1. The Hall–Kier alpha value is -2.83. The lowest BCUT2D eigenvalue weighted by Crippen LogP contribution is -2.01. The summed E-state index contributed by atoms with van der Waals surface area (Å²) in [5, 5.41) is 3.21. The molecule has 0 aliphatic heterocycles. The normalized spacial score (nSPS) is 10.7.